The average Bonchev–Trinajstić information content (AvgIpc) is 2.65. The minimum Gasteiger partial charge on any atom is -0.303 e. The quantitative estimate of drug-likeness (QED) is 0.742. The Balaban J connectivity index is 1.71. The fourth-order valence-corrected chi connectivity index (χ4v) is 3.49. The Morgan fingerprint density at radius 3 is 2.29 bits per heavy atom. The maximum atomic E-state index is 2.72. The fourth-order valence-electron chi connectivity index (χ4n) is 3.49. The molecule has 100 valence electrons. The molecule has 1 unspecified atom stereocenters. The van der Waals surface area contributed by atoms with Gasteiger partial charge >= 0.3 is 0 Å². The van der Waals surface area contributed by atoms with E-state index in [0.717, 1.165) is 6.04 Å². The Labute approximate surface area is 107 Å². The van der Waals surface area contributed by atoms with E-state index in [-0.39, 0.29) is 0 Å². The van der Waals surface area contributed by atoms with Crippen LogP contribution in [0.15, 0.2) is 0 Å². The van der Waals surface area contributed by atoms with E-state index < -0.39 is 0 Å². The highest BCUT2D eigenvalue weighted by Crippen LogP contribution is 2.20. The minimum absolute atomic E-state index is 0.886. The third kappa shape index (κ3) is 4.26. The van der Waals surface area contributed by atoms with Crippen molar-refractivity contribution < 1.29 is 0 Å². The molecule has 0 aromatic heterocycles. The van der Waals surface area contributed by atoms with Crippen LogP contribution in [0.4, 0.5) is 0 Å². The van der Waals surface area contributed by atoms with Gasteiger partial charge < -0.3 is 9.80 Å². The standard InChI is InChI=1S/C15H30N2/c1-2-17-13-8-5-9-15(17)10-14-16-11-6-3-4-7-12-16/h15H,2-14H2,1H3. The molecule has 2 heterocycles. The SMILES string of the molecule is CCN1CCCCC1CCN1CCCCCC1. The van der Waals surface area contributed by atoms with E-state index in [0.29, 0.717) is 0 Å². The van der Waals surface area contributed by atoms with E-state index in [2.05, 4.69) is 16.7 Å². The highest BCUT2D eigenvalue weighted by atomic mass is 15.2. The molecule has 2 rings (SSSR count). The lowest BCUT2D eigenvalue weighted by Crippen LogP contribution is -2.41. The summed E-state index contributed by atoms with van der Waals surface area (Å²) in [5, 5.41) is 0. The van der Waals surface area contributed by atoms with Crippen LogP contribution < -0.4 is 0 Å². The summed E-state index contributed by atoms with van der Waals surface area (Å²) in [4.78, 5) is 5.43. The van der Waals surface area contributed by atoms with Gasteiger partial charge in [-0.3, -0.25) is 0 Å². The summed E-state index contributed by atoms with van der Waals surface area (Å²) in [6.45, 7) is 8.99. The predicted molar refractivity (Wildman–Crippen MR) is 74.4 cm³/mol. The summed E-state index contributed by atoms with van der Waals surface area (Å²) >= 11 is 0. The molecule has 17 heavy (non-hydrogen) atoms. The Kier molecular flexibility index (Phi) is 5.79. The van der Waals surface area contributed by atoms with Gasteiger partial charge in [-0.2, -0.15) is 0 Å². The van der Waals surface area contributed by atoms with E-state index in [1.807, 2.05) is 0 Å². The zero-order valence-corrected chi connectivity index (χ0v) is 11.7. The van der Waals surface area contributed by atoms with Crippen molar-refractivity contribution in [3.05, 3.63) is 0 Å². The number of rotatable bonds is 4. The van der Waals surface area contributed by atoms with E-state index in [1.165, 1.54) is 84.1 Å². The monoisotopic (exact) mass is 238 g/mol. The highest BCUT2D eigenvalue weighted by molar-refractivity contribution is 4.77. The maximum absolute atomic E-state index is 2.72. The molecular weight excluding hydrogens is 208 g/mol. The Morgan fingerprint density at radius 2 is 1.59 bits per heavy atom. The molecule has 2 heteroatoms. The van der Waals surface area contributed by atoms with E-state index in [9.17, 15) is 0 Å². The molecule has 2 saturated heterocycles. The van der Waals surface area contributed by atoms with Crippen molar-refractivity contribution in [2.75, 3.05) is 32.7 Å². The van der Waals surface area contributed by atoms with Crippen LogP contribution in [-0.4, -0.2) is 48.6 Å². The van der Waals surface area contributed by atoms with Crippen molar-refractivity contribution in [2.45, 2.75) is 64.3 Å². The molecule has 2 aliphatic rings. The highest BCUT2D eigenvalue weighted by Gasteiger charge is 2.21. The lowest BCUT2D eigenvalue weighted by molar-refractivity contribution is 0.132. The van der Waals surface area contributed by atoms with Gasteiger partial charge in [0.1, 0.15) is 0 Å². The van der Waals surface area contributed by atoms with Crippen LogP contribution in [0.1, 0.15) is 58.3 Å². The predicted octanol–water partition coefficient (Wildman–Crippen LogP) is 3.13. The summed E-state index contributed by atoms with van der Waals surface area (Å²) in [6, 6.07) is 0.886. The average molecular weight is 238 g/mol. The van der Waals surface area contributed by atoms with Gasteiger partial charge in [-0.15, -0.1) is 0 Å². The number of nitrogens with zero attached hydrogens (tertiary/aromatic N) is 2. The van der Waals surface area contributed by atoms with Crippen molar-refractivity contribution in [3.8, 4) is 0 Å². The van der Waals surface area contributed by atoms with E-state index in [1.54, 1.807) is 0 Å². The van der Waals surface area contributed by atoms with Gasteiger partial charge in [0.25, 0.3) is 0 Å². The first-order valence-corrected chi connectivity index (χ1v) is 7.86. The molecule has 0 aromatic rings. The van der Waals surface area contributed by atoms with Crippen molar-refractivity contribution in [3.63, 3.8) is 0 Å². The van der Waals surface area contributed by atoms with Crippen molar-refractivity contribution >= 4 is 0 Å². The number of piperidine rings is 1. The summed E-state index contributed by atoms with van der Waals surface area (Å²) in [6.07, 6.45) is 11.5. The van der Waals surface area contributed by atoms with Gasteiger partial charge in [0.2, 0.25) is 0 Å². The first-order chi connectivity index (χ1) is 8.40. The Morgan fingerprint density at radius 1 is 0.882 bits per heavy atom. The lowest BCUT2D eigenvalue weighted by Gasteiger charge is -2.36. The van der Waals surface area contributed by atoms with Gasteiger partial charge in [0.05, 0.1) is 0 Å². The van der Waals surface area contributed by atoms with Gasteiger partial charge in [0.15, 0.2) is 0 Å². The van der Waals surface area contributed by atoms with Crippen LogP contribution in [-0.2, 0) is 0 Å². The summed E-state index contributed by atoms with van der Waals surface area (Å²) < 4.78 is 0. The summed E-state index contributed by atoms with van der Waals surface area (Å²) in [5.41, 5.74) is 0. The zero-order valence-electron chi connectivity index (χ0n) is 11.7. The van der Waals surface area contributed by atoms with Crippen molar-refractivity contribution in [2.24, 2.45) is 0 Å². The largest absolute Gasteiger partial charge is 0.303 e. The molecule has 0 aromatic carbocycles. The second-order valence-electron chi connectivity index (χ2n) is 5.82. The molecule has 0 radical (unpaired) electrons. The van der Waals surface area contributed by atoms with Gasteiger partial charge in [-0.1, -0.05) is 26.2 Å². The van der Waals surface area contributed by atoms with Gasteiger partial charge in [-0.25, -0.2) is 0 Å². The van der Waals surface area contributed by atoms with E-state index >= 15 is 0 Å². The van der Waals surface area contributed by atoms with Crippen LogP contribution in [0.5, 0.6) is 0 Å². The second kappa shape index (κ2) is 7.38. The zero-order chi connectivity index (χ0) is 11.9. The molecule has 0 amide bonds. The summed E-state index contributed by atoms with van der Waals surface area (Å²) in [7, 11) is 0. The fraction of sp³-hybridized carbons (Fsp3) is 1.00. The molecule has 2 nitrogen and oxygen atoms in total. The third-order valence-corrected chi connectivity index (χ3v) is 4.63. The van der Waals surface area contributed by atoms with Crippen LogP contribution >= 0.6 is 0 Å². The van der Waals surface area contributed by atoms with Crippen molar-refractivity contribution in [1.82, 2.24) is 9.80 Å². The lowest BCUT2D eigenvalue weighted by atomic mass is 9.99. The van der Waals surface area contributed by atoms with Crippen LogP contribution in [0, 0.1) is 0 Å². The minimum atomic E-state index is 0.886. The maximum Gasteiger partial charge on any atom is 0.0107 e. The van der Waals surface area contributed by atoms with Gasteiger partial charge in [0, 0.05) is 6.04 Å². The number of hydrogen-bond acceptors (Lipinski definition) is 2. The molecule has 2 aliphatic heterocycles. The van der Waals surface area contributed by atoms with Crippen LogP contribution in [0.2, 0.25) is 0 Å². The van der Waals surface area contributed by atoms with E-state index in [4.69, 9.17) is 0 Å². The molecule has 1 atom stereocenters. The molecule has 0 spiro atoms. The molecule has 0 saturated carbocycles. The topological polar surface area (TPSA) is 6.48 Å². The van der Waals surface area contributed by atoms with Crippen LogP contribution in [0.25, 0.3) is 0 Å². The second-order valence-corrected chi connectivity index (χ2v) is 5.82. The third-order valence-electron chi connectivity index (χ3n) is 4.63. The normalized spacial score (nSPS) is 29.1. The van der Waals surface area contributed by atoms with Crippen molar-refractivity contribution in [1.29, 1.82) is 0 Å². The first kappa shape index (κ1) is 13.4. The number of likely N-dealkylation sites (tertiary alicyclic amines) is 2. The van der Waals surface area contributed by atoms with Gasteiger partial charge in [-0.05, 0) is 64.8 Å². The Hall–Kier alpha value is -0.0800. The Bertz CT molecular complexity index is 197. The smallest absolute Gasteiger partial charge is 0.0107 e. The molecule has 2 fully saturated rings. The number of hydrogen-bond donors (Lipinski definition) is 0. The molecule has 0 bridgehead atoms. The molecular formula is C15H30N2. The molecule has 0 aliphatic carbocycles. The molecule has 0 N–H and O–H groups in total. The van der Waals surface area contributed by atoms with Crippen LogP contribution in [0.3, 0.4) is 0 Å². The first-order valence-electron chi connectivity index (χ1n) is 7.86. The summed E-state index contributed by atoms with van der Waals surface area (Å²) in [5.74, 6) is 0.